The Bertz CT molecular complexity index is 1230. The van der Waals surface area contributed by atoms with Gasteiger partial charge in [0.05, 0.1) is 35.6 Å². The maximum absolute atomic E-state index is 14.2. The van der Waals surface area contributed by atoms with Gasteiger partial charge >= 0.3 is 6.18 Å². The van der Waals surface area contributed by atoms with Crippen LogP contribution in [-0.2, 0) is 20.5 Å². The number of H-pyrrole nitrogens is 1. The first-order valence-corrected chi connectivity index (χ1v) is 11.4. The van der Waals surface area contributed by atoms with Gasteiger partial charge in [0.15, 0.2) is 0 Å². The van der Waals surface area contributed by atoms with Gasteiger partial charge < -0.3 is 25.7 Å². The van der Waals surface area contributed by atoms with Crippen LogP contribution in [0.1, 0.15) is 39.8 Å². The van der Waals surface area contributed by atoms with Crippen molar-refractivity contribution < 1.29 is 32.3 Å². The van der Waals surface area contributed by atoms with Gasteiger partial charge in [-0.3, -0.25) is 19.3 Å². The molecule has 0 aliphatic carbocycles. The Morgan fingerprint density at radius 3 is 2.61 bits per heavy atom. The van der Waals surface area contributed by atoms with Crippen LogP contribution in [0.2, 0.25) is 0 Å². The van der Waals surface area contributed by atoms with E-state index in [4.69, 9.17) is 4.74 Å². The van der Waals surface area contributed by atoms with Gasteiger partial charge in [-0.05, 0) is 31.2 Å². The molecule has 12 heteroatoms. The number of amides is 3. The van der Waals surface area contributed by atoms with E-state index in [0.29, 0.717) is 49.8 Å². The summed E-state index contributed by atoms with van der Waals surface area (Å²) in [6.07, 6.45) is -3.77. The van der Waals surface area contributed by atoms with Crippen molar-refractivity contribution in [2.45, 2.75) is 20.0 Å². The van der Waals surface area contributed by atoms with Crippen LogP contribution in [0.4, 0.5) is 24.5 Å². The highest BCUT2D eigenvalue weighted by atomic mass is 19.4. The molecule has 0 radical (unpaired) electrons. The number of aromatic amines is 1. The number of aryl methyl sites for hydroxylation is 1. The molecule has 9 nitrogen and oxygen atoms in total. The maximum atomic E-state index is 14.2. The van der Waals surface area contributed by atoms with Crippen molar-refractivity contribution in [1.82, 2.24) is 15.2 Å². The molecule has 3 amide bonds. The normalized spacial score (nSPS) is 17.1. The predicted octanol–water partition coefficient (Wildman–Crippen LogP) is 2.86. The molecule has 1 aromatic heterocycles. The Labute approximate surface area is 205 Å². The predicted molar refractivity (Wildman–Crippen MR) is 127 cm³/mol. The van der Waals surface area contributed by atoms with Gasteiger partial charge in [-0.1, -0.05) is 0 Å². The van der Waals surface area contributed by atoms with Crippen molar-refractivity contribution in [3.63, 3.8) is 0 Å². The lowest BCUT2D eigenvalue weighted by molar-refractivity contribution is -0.138. The van der Waals surface area contributed by atoms with Crippen molar-refractivity contribution >= 4 is 40.7 Å². The lowest BCUT2D eigenvalue weighted by Gasteiger charge is -2.26. The van der Waals surface area contributed by atoms with Crippen LogP contribution in [0.25, 0.3) is 11.6 Å². The largest absolute Gasteiger partial charge is 0.419 e. The summed E-state index contributed by atoms with van der Waals surface area (Å²) in [5, 5.41) is 7.76. The van der Waals surface area contributed by atoms with Crippen LogP contribution in [0.3, 0.4) is 0 Å². The number of fused-ring (bicyclic) bond motifs is 1. The molecule has 0 atom stereocenters. The number of hydrogen-bond donors (Lipinski definition) is 4. The summed E-state index contributed by atoms with van der Waals surface area (Å²) in [6, 6.07) is 4.63. The number of alkyl halides is 3. The minimum Gasteiger partial charge on any atom is -0.379 e. The average molecular weight is 505 g/mol. The van der Waals surface area contributed by atoms with E-state index in [1.165, 1.54) is 19.9 Å². The third-order valence-electron chi connectivity index (χ3n) is 5.96. The van der Waals surface area contributed by atoms with E-state index in [9.17, 15) is 27.6 Å². The Morgan fingerprint density at radius 1 is 1.22 bits per heavy atom. The van der Waals surface area contributed by atoms with Gasteiger partial charge in [0, 0.05) is 55.7 Å². The molecule has 1 aromatic carbocycles. The first kappa shape index (κ1) is 25.5. The molecule has 192 valence electrons. The Balaban J connectivity index is 1.65. The third-order valence-corrected chi connectivity index (χ3v) is 5.96. The number of anilines is 2. The number of benzene rings is 1. The van der Waals surface area contributed by atoms with E-state index in [0.717, 1.165) is 6.08 Å². The Hall–Kier alpha value is -3.64. The molecule has 2 aromatic rings. The summed E-state index contributed by atoms with van der Waals surface area (Å²) in [5.41, 5.74) is -0.921. The fourth-order valence-corrected chi connectivity index (χ4v) is 4.33. The topological polar surface area (TPSA) is 116 Å². The average Bonchev–Trinajstić information content (AvgIpc) is 3.30. The number of nitrogens with one attached hydrogen (secondary N) is 4. The van der Waals surface area contributed by atoms with E-state index in [2.05, 4.69) is 25.8 Å². The summed E-state index contributed by atoms with van der Waals surface area (Å²) >= 11 is 0. The minimum absolute atomic E-state index is 0.0248. The number of aromatic nitrogens is 1. The highest BCUT2D eigenvalue weighted by Crippen LogP contribution is 2.40. The first-order chi connectivity index (χ1) is 17.0. The molecule has 1 fully saturated rings. The second-order valence-electron chi connectivity index (χ2n) is 8.58. The zero-order chi connectivity index (χ0) is 26.0. The lowest BCUT2D eigenvalue weighted by Crippen LogP contribution is -2.41. The van der Waals surface area contributed by atoms with E-state index in [1.54, 1.807) is 12.1 Å². The van der Waals surface area contributed by atoms with Crippen molar-refractivity contribution in [2.24, 2.45) is 0 Å². The zero-order valence-corrected chi connectivity index (χ0v) is 19.8. The summed E-state index contributed by atoms with van der Waals surface area (Å²) < 4.78 is 47.8. The van der Waals surface area contributed by atoms with Crippen LogP contribution in [0.15, 0.2) is 18.2 Å². The summed E-state index contributed by atoms with van der Waals surface area (Å²) in [5.74, 6) is -1.78. The van der Waals surface area contributed by atoms with Crippen molar-refractivity contribution in [3.05, 3.63) is 46.3 Å². The van der Waals surface area contributed by atoms with E-state index < -0.39 is 34.8 Å². The number of morpholine rings is 1. The smallest absolute Gasteiger partial charge is 0.379 e. The monoisotopic (exact) mass is 505 g/mol. The molecule has 1 saturated heterocycles. The SMILES string of the molecule is CC(=O)Nc1ccc2c(c1)/C(=C/c1[nH]c(C)c(C(=O)NCCN3CCOCC3)c1C(F)(F)F)C(=O)N2. The Morgan fingerprint density at radius 2 is 1.94 bits per heavy atom. The van der Waals surface area contributed by atoms with Crippen LogP contribution in [0.5, 0.6) is 0 Å². The summed E-state index contributed by atoms with van der Waals surface area (Å²) in [4.78, 5) is 41.5. The number of rotatable bonds is 6. The molecule has 0 bridgehead atoms. The molecule has 36 heavy (non-hydrogen) atoms. The lowest BCUT2D eigenvalue weighted by atomic mass is 10.0. The molecular weight excluding hydrogens is 479 g/mol. The van der Waals surface area contributed by atoms with Crippen LogP contribution < -0.4 is 16.0 Å². The van der Waals surface area contributed by atoms with Crippen molar-refractivity contribution in [1.29, 1.82) is 0 Å². The van der Waals surface area contributed by atoms with E-state index in [1.807, 2.05) is 0 Å². The maximum Gasteiger partial charge on any atom is 0.419 e. The van der Waals surface area contributed by atoms with Crippen LogP contribution in [0, 0.1) is 6.92 Å². The molecule has 2 aliphatic heterocycles. The molecule has 4 N–H and O–H groups in total. The zero-order valence-electron chi connectivity index (χ0n) is 19.8. The van der Waals surface area contributed by atoms with Crippen molar-refractivity contribution in [3.8, 4) is 0 Å². The molecule has 0 spiro atoms. The highest BCUT2D eigenvalue weighted by molar-refractivity contribution is 6.35. The Kier molecular flexibility index (Phi) is 7.18. The molecule has 2 aliphatic rings. The van der Waals surface area contributed by atoms with Gasteiger partial charge in [-0.25, -0.2) is 0 Å². The molecule has 3 heterocycles. The van der Waals surface area contributed by atoms with Gasteiger partial charge in [-0.15, -0.1) is 0 Å². The number of nitrogens with zero attached hydrogens (tertiary/aromatic N) is 1. The van der Waals surface area contributed by atoms with E-state index in [-0.39, 0.29) is 23.7 Å². The first-order valence-electron chi connectivity index (χ1n) is 11.4. The second-order valence-corrected chi connectivity index (χ2v) is 8.58. The number of halogens is 3. The molecule has 0 unspecified atom stereocenters. The summed E-state index contributed by atoms with van der Waals surface area (Å²) in [6.45, 7) is 5.90. The van der Waals surface area contributed by atoms with Gasteiger partial charge in [-0.2, -0.15) is 13.2 Å². The highest BCUT2D eigenvalue weighted by Gasteiger charge is 2.41. The van der Waals surface area contributed by atoms with Crippen LogP contribution in [-0.4, -0.2) is 67.0 Å². The third kappa shape index (κ3) is 5.44. The minimum atomic E-state index is -4.86. The van der Waals surface area contributed by atoms with Gasteiger partial charge in [0.25, 0.3) is 11.8 Å². The van der Waals surface area contributed by atoms with Gasteiger partial charge in [0.1, 0.15) is 0 Å². The molecular formula is C24H26F3N5O4. The number of carbonyl (C=O) groups excluding carboxylic acids is 3. The standard InChI is InChI=1S/C24H26F3N5O4/c1-13-20(23(35)28-5-6-32-7-9-36-10-8-32)21(24(25,26)27)19(29-13)12-17-16-11-15(30-14(2)33)3-4-18(16)31-22(17)34/h3-4,11-12,29H,5-10H2,1-2H3,(H,28,35)(H,30,33)(H,31,34)/b17-12-. The van der Waals surface area contributed by atoms with Gasteiger partial charge in [0.2, 0.25) is 5.91 Å². The second kappa shape index (κ2) is 10.2. The quantitative estimate of drug-likeness (QED) is 0.451. The number of carbonyl (C=O) groups is 3. The van der Waals surface area contributed by atoms with E-state index >= 15 is 0 Å². The van der Waals surface area contributed by atoms with Crippen LogP contribution >= 0.6 is 0 Å². The fraction of sp³-hybridized carbons (Fsp3) is 0.375. The number of ether oxygens (including phenoxy) is 1. The molecule has 0 saturated carbocycles. The fourth-order valence-electron chi connectivity index (χ4n) is 4.33. The number of hydrogen-bond acceptors (Lipinski definition) is 5. The van der Waals surface area contributed by atoms with Crippen molar-refractivity contribution in [2.75, 3.05) is 50.0 Å². The summed E-state index contributed by atoms with van der Waals surface area (Å²) in [7, 11) is 0. The molecule has 4 rings (SSSR count).